The van der Waals surface area contributed by atoms with Gasteiger partial charge in [-0.05, 0) is 48.8 Å². The highest BCUT2D eigenvalue weighted by atomic mass is 16.5. The predicted molar refractivity (Wildman–Crippen MR) is 72.6 cm³/mol. The largest absolute Gasteiger partial charge is 0.388 e. The van der Waals surface area contributed by atoms with E-state index in [1.165, 1.54) is 11.1 Å². The second kappa shape index (κ2) is 5.61. The number of hydrogen-bond acceptors (Lipinski definition) is 3. The Morgan fingerprint density at radius 2 is 2.11 bits per heavy atom. The summed E-state index contributed by atoms with van der Waals surface area (Å²) in [6.45, 7) is 4.23. The Hall–Kier alpha value is -0.900. The van der Waals surface area contributed by atoms with E-state index in [0.717, 1.165) is 31.4 Å². The summed E-state index contributed by atoms with van der Waals surface area (Å²) in [6, 6.07) is 6.23. The SMILES string of the molecule is CCOC1CC(CC(O)c2ccc3c(c2)COC3)C1. The summed E-state index contributed by atoms with van der Waals surface area (Å²) < 4.78 is 11.0. The maximum Gasteiger partial charge on any atom is 0.0792 e. The molecule has 1 unspecified atom stereocenters. The zero-order chi connectivity index (χ0) is 13.2. The molecule has 3 rings (SSSR count). The Morgan fingerprint density at radius 3 is 2.89 bits per heavy atom. The molecule has 1 saturated carbocycles. The predicted octanol–water partition coefficient (Wildman–Crippen LogP) is 2.96. The van der Waals surface area contributed by atoms with E-state index in [2.05, 4.69) is 12.1 Å². The van der Waals surface area contributed by atoms with Gasteiger partial charge in [-0.1, -0.05) is 18.2 Å². The topological polar surface area (TPSA) is 38.7 Å². The van der Waals surface area contributed by atoms with Crippen LogP contribution in [0.3, 0.4) is 0 Å². The van der Waals surface area contributed by atoms with Crippen molar-refractivity contribution in [2.75, 3.05) is 6.61 Å². The maximum atomic E-state index is 10.3. The monoisotopic (exact) mass is 262 g/mol. The van der Waals surface area contributed by atoms with E-state index in [1.807, 2.05) is 13.0 Å². The smallest absolute Gasteiger partial charge is 0.0792 e. The van der Waals surface area contributed by atoms with Crippen molar-refractivity contribution in [3.63, 3.8) is 0 Å². The second-order valence-electron chi connectivity index (χ2n) is 5.69. The molecule has 2 aliphatic rings. The van der Waals surface area contributed by atoms with Crippen LogP contribution in [0.4, 0.5) is 0 Å². The first kappa shape index (κ1) is 13.1. The second-order valence-corrected chi connectivity index (χ2v) is 5.69. The molecule has 0 saturated heterocycles. The van der Waals surface area contributed by atoms with Crippen molar-refractivity contribution in [1.29, 1.82) is 0 Å². The van der Waals surface area contributed by atoms with Crippen LogP contribution in [0.1, 0.15) is 49.0 Å². The van der Waals surface area contributed by atoms with Gasteiger partial charge < -0.3 is 14.6 Å². The fourth-order valence-electron chi connectivity index (χ4n) is 3.09. The highest BCUT2D eigenvalue weighted by Gasteiger charge is 2.31. The highest BCUT2D eigenvalue weighted by Crippen LogP contribution is 2.37. The molecule has 1 aromatic rings. The average molecular weight is 262 g/mol. The standard InChI is InChI=1S/C16H22O3/c1-2-19-15-5-11(6-15)7-16(17)12-3-4-13-9-18-10-14(13)8-12/h3-4,8,11,15-17H,2,5-7,9-10H2,1H3. The van der Waals surface area contributed by atoms with Gasteiger partial charge in [0.15, 0.2) is 0 Å². The van der Waals surface area contributed by atoms with Crippen LogP contribution in [0.25, 0.3) is 0 Å². The fourth-order valence-corrected chi connectivity index (χ4v) is 3.09. The van der Waals surface area contributed by atoms with Gasteiger partial charge in [0.2, 0.25) is 0 Å². The van der Waals surface area contributed by atoms with Gasteiger partial charge in [0.1, 0.15) is 0 Å². The summed E-state index contributed by atoms with van der Waals surface area (Å²) in [5, 5.41) is 10.3. The third kappa shape index (κ3) is 2.83. The molecule has 0 amide bonds. The van der Waals surface area contributed by atoms with Gasteiger partial charge in [-0.3, -0.25) is 0 Å². The molecule has 1 aliphatic heterocycles. The van der Waals surface area contributed by atoms with Crippen LogP contribution in [-0.4, -0.2) is 17.8 Å². The molecule has 1 N–H and O–H groups in total. The van der Waals surface area contributed by atoms with Crippen LogP contribution < -0.4 is 0 Å². The Bertz CT molecular complexity index is 438. The lowest BCUT2D eigenvalue weighted by Gasteiger charge is -2.36. The number of hydrogen-bond donors (Lipinski definition) is 1. The van der Waals surface area contributed by atoms with Crippen molar-refractivity contribution in [3.05, 3.63) is 34.9 Å². The Labute approximate surface area is 114 Å². The first-order chi connectivity index (χ1) is 9.26. The van der Waals surface area contributed by atoms with Crippen LogP contribution in [0.2, 0.25) is 0 Å². The fraction of sp³-hybridized carbons (Fsp3) is 0.625. The molecule has 3 heteroatoms. The third-order valence-corrected chi connectivity index (χ3v) is 4.28. The average Bonchev–Trinajstić information content (AvgIpc) is 2.83. The van der Waals surface area contributed by atoms with Crippen molar-refractivity contribution in [2.45, 2.75) is 51.6 Å². The molecule has 0 bridgehead atoms. The first-order valence-electron chi connectivity index (χ1n) is 7.25. The van der Waals surface area contributed by atoms with Gasteiger partial charge in [0, 0.05) is 6.61 Å². The minimum Gasteiger partial charge on any atom is -0.388 e. The van der Waals surface area contributed by atoms with Gasteiger partial charge in [0.05, 0.1) is 25.4 Å². The zero-order valence-electron chi connectivity index (χ0n) is 11.5. The lowest BCUT2D eigenvalue weighted by molar-refractivity contribution is -0.0380. The molecule has 1 aromatic carbocycles. The van der Waals surface area contributed by atoms with Crippen LogP contribution in [-0.2, 0) is 22.7 Å². The third-order valence-electron chi connectivity index (χ3n) is 4.28. The normalized spacial score (nSPS) is 26.8. The van der Waals surface area contributed by atoms with E-state index in [1.54, 1.807) is 0 Å². The summed E-state index contributed by atoms with van der Waals surface area (Å²) in [5.41, 5.74) is 3.53. The lowest BCUT2D eigenvalue weighted by Crippen LogP contribution is -2.32. The molecule has 104 valence electrons. The van der Waals surface area contributed by atoms with Crippen LogP contribution in [0, 0.1) is 5.92 Å². The lowest BCUT2D eigenvalue weighted by atomic mass is 9.77. The molecular formula is C16H22O3. The van der Waals surface area contributed by atoms with E-state index < -0.39 is 0 Å². The van der Waals surface area contributed by atoms with Gasteiger partial charge in [-0.15, -0.1) is 0 Å². The van der Waals surface area contributed by atoms with E-state index in [0.29, 0.717) is 25.2 Å². The Morgan fingerprint density at radius 1 is 1.32 bits per heavy atom. The summed E-state index contributed by atoms with van der Waals surface area (Å²) in [7, 11) is 0. The first-order valence-corrected chi connectivity index (χ1v) is 7.25. The van der Waals surface area contributed by atoms with Gasteiger partial charge in [-0.25, -0.2) is 0 Å². The molecule has 0 spiro atoms. The number of benzene rings is 1. The van der Waals surface area contributed by atoms with E-state index >= 15 is 0 Å². The van der Waals surface area contributed by atoms with Crippen LogP contribution in [0.15, 0.2) is 18.2 Å². The maximum absolute atomic E-state index is 10.3. The van der Waals surface area contributed by atoms with Crippen LogP contribution in [0.5, 0.6) is 0 Å². The quantitative estimate of drug-likeness (QED) is 0.886. The molecule has 1 fully saturated rings. The number of aliphatic hydroxyl groups is 1. The summed E-state index contributed by atoms with van der Waals surface area (Å²) in [5.74, 6) is 0.607. The van der Waals surface area contributed by atoms with E-state index in [4.69, 9.17) is 9.47 Å². The van der Waals surface area contributed by atoms with Crippen molar-refractivity contribution < 1.29 is 14.6 Å². The van der Waals surface area contributed by atoms with E-state index in [-0.39, 0.29) is 6.10 Å². The molecule has 1 atom stereocenters. The number of rotatable bonds is 5. The molecule has 0 aromatic heterocycles. The zero-order valence-corrected chi connectivity index (χ0v) is 11.5. The number of ether oxygens (including phenoxy) is 2. The Kier molecular flexibility index (Phi) is 3.87. The summed E-state index contributed by atoms with van der Waals surface area (Å²) >= 11 is 0. The van der Waals surface area contributed by atoms with Crippen molar-refractivity contribution >= 4 is 0 Å². The van der Waals surface area contributed by atoms with Crippen LogP contribution >= 0.6 is 0 Å². The molecule has 0 radical (unpaired) electrons. The Balaban J connectivity index is 1.55. The molecule has 19 heavy (non-hydrogen) atoms. The molecule has 1 aliphatic carbocycles. The summed E-state index contributed by atoms with van der Waals surface area (Å²) in [4.78, 5) is 0. The van der Waals surface area contributed by atoms with Crippen molar-refractivity contribution in [1.82, 2.24) is 0 Å². The molecule has 1 heterocycles. The number of fused-ring (bicyclic) bond motifs is 1. The molecular weight excluding hydrogens is 240 g/mol. The minimum atomic E-state index is -0.349. The van der Waals surface area contributed by atoms with E-state index in [9.17, 15) is 5.11 Å². The molecule has 3 nitrogen and oxygen atoms in total. The highest BCUT2D eigenvalue weighted by molar-refractivity contribution is 5.34. The van der Waals surface area contributed by atoms with Crippen molar-refractivity contribution in [3.8, 4) is 0 Å². The van der Waals surface area contributed by atoms with Gasteiger partial charge >= 0.3 is 0 Å². The number of aliphatic hydroxyl groups excluding tert-OH is 1. The summed E-state index contributed by atoms with van der Waals surface area (Å²) in [6.07, 6.45) is 3.12. The van der Waals surface area contributed by atoms with Crippen molar-refractivity contribution in [2.24, 2.45) is 5.92 Å². The minimum absolute atomic E-state index is 0.349. The van der Waals surface area contributed by atoms with Gasteiger partial charge in [0.25, 0.3) is 0 Å². The van der Waals surface area contributed by atoms with Gasteiger partial charge in [-0.2, -0.15) is 0 Å².